The molecule has 0 bridgehead atoms. The predicted octanol–water partition coefficient (Wildman–Crippen LogP) is 1.75. The van der Waals surface area contributed by atoms with Crippen LogP contribution < -0.4 is 16.6 Å². The first-order valence-electron chi connectivity index (χ1n) is 5.32. The summed E-state index contributed by atoms with van der Waals surface area (Å²) in [5.74, 6) is 6.47. The van der Waals surface area contributed by atoms with Gasteiger partial charge in [0.2, 0.25) is 5.95 Å². The topological polar surface area (TPSA) is 75.9 Å². The first kappa shape index (κ1) is 11.7. The van der Waals surface area contributed by atoms with Crippen molar-refractivity contribution in [3.8, 4) is 0 Å². The fourth-order valence-electron chi connectivity index (χ4n) is 1.34. The normalized spacial score (nSPS) is 12.2. The first-order chi connectivity index (χ1) is 7.26. The lowest BCUT2D eigenvalue weighted by Crippen LogP contribution is -2.17. The fraction of sp³-hybridized carbons (Fsp3) is 0.600. The van der Waals surface area contributed by atoms with Crippen molar-refractivity contribution >= 4 is 11.8 Å². The zero-order valence-electron chi connectivity index (χ0n) is 9.33. The molecule has 0 saturated carbocycles. The van der Waals surface area contributed by atoms with E-state index >= 15 is 0 Å². The maximum Gasteiger partial charge on any atom is 0.239 e. The second kappa shape index (κ2) is 6.19. The van der Waals surface area contributed by atoms with Crippen molar-refractivity contribution in [3.63, 3.8) is 0 Å². The van der Waals surface area contributed by atoms with E-state index in [-0.39, 0.29) is 0 Å². The van der Waals surface area contributed by atoms with Crippen molar-refractivity contribution in [2.45, 2.75) is 39.2 Å². The zero-order chi connectivity index (χ0) is 11.1. The Hall–Kier alpha value is -1.36. The smallest absolute Gasteiger partial charge is 0.239 e. The van der Waals surface area contributed by atoms with Gasteiger partial charge in [-0.25, -0.2) is 10.8 Å². The molecule has 1 unspecified atom stereocenters. The Kier molecular flexibility index (Phi) is 4.83. The van der Waals surface area contributed by atoms with Crippen LogP contribution in [-0.2, 0) is 0 Å². The number of hydrogen-bond acceptors (Lipinski definition) is 5. The van der Waals surface area contributed by atoms with Gasteiger partial charge in [0.05, 0.1) is 0 Å². The average molecular weight is 209 g/mol. The van der Waals surface area contributed by atoms with Crippen LogP contribution in [0.3, 0.4) is 0 Å². The summed E-state index contributed by atoms with van der Waals surface area (Å²) in [7, 11) is 0. The van der Waals surface area contributed by atoms with Crippen molar-refractivity contribution < 1.29 is 0 Å². The summed E-state index contributed by atoms with van der Waals surface area (Å²) in [5.41, 5.74) is 2.42. The molecule has 4 N–H and O–H groups in total. The molecule has 84 valence electrons. The Morgan fingerprint density at radius 3 is 3.00 bits per heavy atom. The van der Waals surface area contributed by atoms with Gasteiger partial charge in [0.25, 0.3) is 0 Å². The molecule has 5 nitrogen and oxygen atoms in total. The van der Waals surface area contributed by atoms with Gasteiger partial charge < -0.3 is 5.32 Å². The Balaban J connectivity index is 2.48. The third kappa shape index (κ3) is 4.12. The van der Waals surface area contributed by atoms with E-state index in [1.165, 1.54) is 12.8 Å². The SMILES string of the molecule is CCCCC(C)Nc1ccnc(NN)n1. The molecule has 0 saturated heterocycles. The second-order valence-corrected chi connectivity index (χ2v) is 3.60. The number of rotatable bonds is 6. The van der Waals surface area contributed by atoms with Crippen LogP contribution in [0, 0.1) is 0 Å². The molecule has 0 fully saturated rings. The van der Waals surface area contributed by atoms with Gasteiger partial charge in [-0.1, -0.05) is 19.8 Å². The quantitative estimate of drug-likeness (QED) is 0.491. The van der Waals surface area contributed by atoms with E-state index < -0.39 is 0 Å². The van der Waals surface area contributed by atoms with Gasteiger partial charge in [-0.15, -0.1) is 0 Å². The van der Waals surface area contributed by atoms with Gasteiger partial charge in [-0.05, 0) is 19.4 Å². The van der Waals surface area contributed by atoms with Crippen molar-refractivity contribution in [1.82, 2.24) is 9.97 Å². The molecular formula is C10H19N5. The second-order valence-electron chi connectivity index (χ2n) is 3.60. The number of nitrogen functional groups attached to an aromatic ring is 1. The Labute approximate surface area is 90.5 Å². The van der Waals surface area contributed by atoms with Gasteiger partial charge in [0, 0.05) is 12.2 Å². The molecule has 15 heavy (non-hydrogen) atoms. The third-order valence-corrected chi connectivity index (χ3v) is 2.17. The molecule has 0 aliphatic heterocycles. The van der Waals surface area contributed by atoms with Gasteiger partial charge in [0.1, 0.15) is 5.82 Å². The molecule has 1 aromatic heterocycles. The van der Waals surface area contributed by atoms with E-state index in [1.54, 1.807) is 6.20 Å². The minimum atomic E-state index is 0.422. The molecule has 0 aromatic carbocycles. The summed E-state index contributed by atoms with van der Waals surface area (Å²) < 4.78 is 0. The summed E-state index contributed by atoms with van der Waals surface area (Å²) in [5, 5.41) is 3.30. The maximum absolute atomic E-state index is 5.23. The molecule has 1 rings (SSSR count). The van der Waals surface area contributed by atoms with Crippen LogP contribution in [0.5, 0.6) is 0 Å². The average Bonchev–Trinajstić information content (AvgIpc) is 2.26. The monoisotopic (exact) mass is 209 g/mol. The van der Waals surface area contributed by atoms with Crippen LogP contribution in [0.1, 0.15) is 33.1 Å². The van der Waals surface area contributed by atoms with Crippen molar-refractivity contribution in [1.29, 1.82) is 0 Å². The van der Waals surface area contributed by atoms with Crippen molar-refractivity contribution in [2.24, 2.45) is 5.84 Å². The van der Waals surface area contributed by atoms with Crippen molar-refractivity contribution in [2.75, 3.05) is 10.7 Å². The lowest BCUT2D eigenvalue weighted by molar-refractivity contribution is 0.643. The number of anilines is 2. The van der Waals surface area contributed by atoms with Crippen LogP contribution in [0.4, 0.5) is 11.8 Å². The largest absolute Gasteiger partial charge is 0.367 e. The molecular weight excluding hydrogens is 190 g/mol. The number of hydrazine groups is 1. The third-order valence-electron chi connectivity index (χ3n) is 2.17. The predicted molar refractivity (Wildman–Crippen MR) is 62.5 cm³/mol. The van der Waals surface area contributed by atoms with E-state index in [2.05, 4.69) is 34.6 Å². The maximum atomic E-state index is 5.23. The van der Waals surface area contributed by atoms with E-state index in [4.69, 9.17) is 5.84 Å². The Bertz CT molecular complexity index is 289. The van der Waals surface area contributed by atoms with Gasteiger partial charge >= 0.3 is 0 Å². The van der Waals surface area contributed by atoms with Crippen LogP contribution in [0.15, 0.2) is 12.3 Å². The molecule has 1 aromatic rings. The highest BCUT2D eigenvalue weighted by Crippen LogP contribution is 2.09. The fourth-order valence-corrected chi connectivity index (χ4v) is 1.34. The summed E-state index contributed by atoms with van der Waals surface area (Å²) in [4.78, 5) is 8.12. The van der Waals surface area contributed by atoms with Gasteiger partial charge in [0.15, 0.2) is 0 Å². The van der Waals surface area contributed by atoms with Gasteiger partial charge in [-0.3, -0.25) is 5.43 Å². The molecule has 0 spiro atoms. The van der Waals surface area contributed by atoms with E-state index in [0.717, 1.165) is 12.2 Å². The minimum absolute atomic E-state index is 0.422. The first-order valence-corrected chi connectivity index (χ1v) is 5.32. The highest BCUT2D eigenvalue weighted by molar-refractivity contribution is 5.39. The molecule has 0 aliphatic rings. The highest BCUT2D eigenvalue weighted by atomic mass is 15.3. The van der Waals surface area contributed by atoms with Crippen LogP contribution >= 0.6 is 0 Å². The number of nitrogens with two attached hydrogens (primary N) is 1. The number of aromatic nitrogens is 2. The number of unbranched alkanes of at least 4 members (excludes halogenated alkanes) is 1. The number of nitrogens with zero attached hydrogens (tertiary/aromatic N) is 2. The molecule has 0 radical (unpaired) electrons. The summed E-state index contributed by atoms with van der Waals surface area (Å²) in [6.07, 6.45) is 5.26. The number of nitrogens with one attached hydrogen (secondary N) is 2. The molecule has 5 heteroatoms. The van der Waals surface area contributed by atoms with Crippen molar-refractivity contribution in [3.05, 3.63) is 12.3 Å². The van der Waals surface area contributed by atoms with Crippen LogP contribution in [0.2, 0.25) is 0 Å². The van der Waals surface area contributed by atoms with E-state index in [9.17, 15) is 0 Å². The van der Waals surface area contributed by atoms with Crippen LogP contribution in [0.25, 0.3) is 0 Å². The molecule has 1 atom stereocenters. The molecule has 1 heterocycles. The standard InChI is InChI=1S/C10H19N5/c1-3-4-5-8(2)13-9-6-7-12-10(14-9)15-11/h6-8H,3-5,11H2,1-2H3,(H2,12,13,14,15). The lowest BCUT2D eigenvalue weighted by Gasteiger charge is -2.13. The zero-order valence-corrected chi connectivity index (χ0v) is 9.33. The molecule has 0 aliphatic carbocycles. The minimum Gasteiger partial charge on any atom is -0.367 e. The lowest BCUT2D eigenvalue weighted by atomic mass is 10.1. The molecule has 0 amide bonds. The van der Waals surface area contributed by atoms with Crippen LogP contribution in [-0.4, -0.2) is 16.0 Å². The van der Waals surface area contributed by atoms with E-state index in [1.807, 2.05) is 6.07 Å². The summed E-state index contributed by atoms with van der Waals surface area (Å²) in [6.45, 7) is 4.33. The summed E-state index contributed by atoms with van der Waals surface area (Å²) in [6, 6.07) is 2.26. The van der Waals surface area contributed by atoms with Gasteiger partial charge in [-0.2, -0.15) is 4.98 Å². The van der Waals surface area contributed by atoms with E-state index in [0.29, 0.717) is 12.0 Å². The highest BCUT2D eigenvalue weighted by Gasteiger charge is 2.02. The Morgan fingerprint density at radius 2 is 2.33 bits per heavy atom. The summed E-state index contributed by atoms with van der Waals surface area (Å²) >= 11 is 0. The Morgan fingerprint density at radius 1 is 1.53 bits per heavy atom. The number of hydrogen-bond donors (Lipinski definition) is 3.